The molecule has 0 aliphatic heterocycles. The number of hydrogen-bond acceptors (Lipinski definition) is 3. The van der Waals surface area contributed by atoms with Crippen molar-refractivity contribution in [3.63, 3.8) is 0 Å². The summed E-state index contributed by atoms with van der Waals surface area (Å²) in [5.41, 5.74) is 0.949. The fraction of sp³-hybridized carbons (Fsp3) is 0.214. The first-order valence-electron chi connectivity index (χ1n) is 6.12. The molecule has 19 heavy (non-hydrogen) atoms. The minimum Gasteiger partial charge on any atom is -0.243 e. The molecule has 1 atom stereocenters. The van der Waals surface area contributed by atoms with E-state index in [2.05, 4.69) is 9.71 Å². The Hall–Kier alpha value is -1.72. The smallest absolute Gasteiger partial charge is 0.243 e. The van der Waals surface area contributed by atoms with Crippen molar-refractivity contribution in [3.05, 3.63) is 60.3 Å². The molecule has 1 aromatic carbocycles. The number of nitrogens with zero attached hydrogens (tertiary/aromatic N) is 1. The topological polar surface area (TPSA) is 59.1 Å². The summed E-state index contributed by atoms with van der Waals surface area (Å²) in [6.45, 7) is 1.94. The highest BCUT2D eigenvalue weighted by Gasteiger charge is 2.20. The van der Waals surface area contributed by atoms with Crippen LogP contribution in [0.1, 0.15) is 24.9 Å². The maximum atomic E-state index is 12.2. The second-order valence-electron chi connectivity index (χ2n) is 4.16. The van der Waals surface area contributed by atoms with Crippen LogP contribution < -0.4 is 4.72 Å². The number of rotatable bonds is 5. The lowest BCUT2D eigenvalue weighted by molar-refractivity contribution is 0.547. The first-order chi connectivity index (χ1) is 9.13. The zero-order chi connectivity index (χ0) is 13.7. The van der Waals surface area contributed by atoms with Crippen molar-refractivity contribution in [2.75, 3.05) is 0 Å². The number of hydrogen-bond donors (Lipinski definition) is 1. The summed E-state index contributed by atoms with van der Waals surface area (Å²) in [4.78, 5) is 3.88. The summed E-state index contributed by atoms with van der Waals surface area (Å²) in [7, 11) is -3.58. The second-order valence-corrected chi connectivity index (χ2v) is 5.82. The molecule has 100 valence electrons. The molecule has 0 fully saturated rings. The Balaban J connectivity index is 2.24. The van der Waals surface area contributed by atoms with Crippen LogP contribution in [-0.2, 0) is 10.0 Å². The van der Waals surface area contributed by atoms with Crippen LogP contribution in [0.4, 0.5) is 0 Å². The van der Waals surface area contributed by atoms with E-state index in [1.807, 2.05) is 37.3 Å². The van der Waals surface area contributed by atoms with E-state index in [1.54, 1.807) is 12.1 Å². The molecule has 0 saturated heterocycles. The highest BCUT2D eigenvalue weighted by atomic mass is 32.2. The van der Waals surface area contributed by atoms with E-state index in [0.717, 1.165) is 5.56 Å². The monoisotopic (exact) mass is 276 g/mol. The molecule has 0 aliphatic rings. The quantitative estimate of drug-likeness (QED) is 0.912. The van der Waals surface area contributed by atoms with Crippen molar-refractivity contribution in [3.8, 4) is 0 Å². The minimum atomic E-state index is -3.58. The summed E-state index contributed by atoms with van der Waals surface area (Å²) in [6, 6.07) is 14.1. The molecule has 0 bridgehead atoms. The number of pyridine rings is 1. The molecule has 0 amide bonds. The lowest BCUT2D eigenvalue weighted by atomic mass is 10.1. The third-order valence-corrected chi connectivity index (χ3v) is 4.21. The Morgan fingerprint density at radius 2 is 1.79 bits per heavy atom. The predicted octanol–water partition coefficient (Wildman–Crippen LogP) is 2.51. The molecular weight excluding hydrogens is 260 g/mol. The van der Waals surface area contributed by atoms with Gasteiger partial charge in [0.15, 0.2) is 5.03 Å². The Labute approximate surface area is 113 Å². The number of sulfonamides is 1. The van der Waals surface area contributed by atoms with Gasteiger partial charge in [0.05, 0.1) is 0 Å². The summed E-state index contributed by atoms with van der Waals surface area (Å²) in [5.74, 6) is 0. The molecule has 4 nitrogen and oxygen atoms in total. The third-order valence-electron chi connectivity index (χ3n) is 2.82. The van der Waals surface area contributed by atoms with Gasteiger partial charge in [-0.3, -0.25) is 0 Å². The molecule has 0 unspecified atom stereocenters. The van der Waals surface area contributed by atoms with Gasteiger partial charge in [-0.05, 0) is 24.1 Å². The van der Waals surface area contributed by atoms with Crippen LogP contribution in [0.15, 0.2) is 59.8 Å². The van der Waals surface area contributed by atoms with E-state index in [1.165, 1.54) is 12.3 Å². The standard InChI is InChI=1S/C14H16N2O2S/c1-2-13(12-8-4-3-5-9-12)16-19(17,18)14-10-6-7-11-15-14/h3-11,13,16H,2H2,1H3/t13-/m0/s1. The van der Waals surface area contributed by atoms with Crippen LogP contribution in [-0.4, -0.2) is 13.4 Å². The predicted molar refractivity (Wildman–Crippen MR) is 74.0 cm³/mol. The van der Waals surface area contributed by atoms with E-state index in [4.69, 9.17) is 0 Å². The largest absolute Gasteiger partial charge is 0.258 e. The van der Waals surface area contributed by atoms with E-state index in [-0.39, 0.29) is 11.1 Å². The second kappa shape index (κ2) is 5.95. The van der Waals surface area contributed by atoms with E-state index < -0.39 is 10.0 Å². The fourth-order valence-corrected chi connectivity index (χ4v) is 3.08. The molecular formula is C14H16N2O2S. The average molecular weight is 276 g/mol. The van der Waals surface area contributed by atoms with Crippen molar-refractivity contribution < 1.29 is 8.42 Å². The van der Waals surface area contributed by atoms with Crippen LogP contribution in [0.25, 0.3) is 0 Å². The Bertz CT molecular complexity index is 612. The number of nitrogens with one attached hydrogen (secondary N) is 1. The molecule has 0 radical (unpaired) electrons. The molecule has 2 aromatic rings. The molecule has 2 rings (SSSR count). The van der Waals surface area contributed by atoms with Crippen LogP contribution in [0.3, 0.4) is 0 Å². The Morgan fingerprint density at radius 3 is 2.37 bits per heavy atom. The minimum absolute atomic E-state index is 0.0457. The average Bonchev–Trinajstić information content (AvgIpc) is 2.47. The molecule has 1 heterocycles. The summed E-state index contributed by atoms with van der Waals surface area (Å²) in [6.07, 6.45) is 2.15. The molecule has 0 aliphatic carbocycles. The summed E-state index contributed by atoms with van der Waals surface area (Å²) < 4.78 is 27.1. The normalized spacial score (nSPS) is 13.1. The van der Waals surface area contributed by atoms with Crippen LogP contribution in [0, 0.1) is 0 Å². The van der Waals surface area contributed by atoms with Crippen molar-refractivity contribution in [1.29, 1.82) is 0 Å². The van der Waals surface area contributed by atoms with Gasteiger partial charge in [-0.15, -0.1) is 0 Å². The molecule has 1 aromatic heterocycles. The van der Waals surface area contributed by atoms with Gasteiger partial charge < -0.3 is 0 Å². The Morgan fingerprint density at radius 1 is 1.11 bits per heavy atom. The number of aromatic nitrogens is 1. The fourth-order valence-electron chi connectivity index (χ4n) is 1.83. The van der Waals surface area contributed by atoms with Gasteiger partial charge in [0.25, 0.3) is 10.0 Å². The maximum absolute atomic E-state index is 12.2. The van der Waals surface area contributed by atoms with Crippen LogP contribution in [0.5, 0.6) is 0 Å². The SMILES string of the molecule is CC[C@H](NS(=O)(=O)c1ccccn1)c1ccccc1. The van der Waals surface area contributed by atoms with Crippen molar-refractivity contribution in [2.24, 2.45) is 0 Å². The van der Waals surface area contributed by atoms with Gasteiger partial charge in [-0.1, -0.05) is 43.3 Å². The van der Waals surface area contributed by atoms with Gasteiger partial charge >= 0.3 is 0 Å². The van der Waals surface area contributed by atoms with Crippen LogP contribution >= 0.6 is 0 Å². The van der Waals surface area contributed by atoms with Crippen molar-refractivity contribution in [1.82, 2.24) is 9.71 Å². The van der Waals surface area contributed by atoms with E-state index >= 15 is 0 Å². The van der Waals surface area contributed by atoms with Gasteiger partial charge in [-0.2, -0.15) is 0 Å². The number of benzene rings is 1. The van der Waals surface area contributed by atoms with Gasteiger partial charge in [0.2, 0.25) is 0 Å². The molecule has 5 heteroatoms. The first-order valence-corrected chi connectivity index (χ1v) is 7.60. The van der Waals surface area contributed by atoms with Crippen molar-refractivity contribution >= 4 is 10.0 Å². The highest BCUT2D eigenvalue weighted by molar-refractivity contribution is 7.89. The van der Waals surface area contributed by atoms with E-state index in [9.17, 15) is 8.42 Å². The zero-order valence-corrected chi connectivity index (χ0v) is 11.5. The van der Waals surface area contributed by atoms with Gasteiger partial charge in [0, 0.05) is 12.2 Å². The summed E-state index contributed by atoms with van der Waals surface area (Å²) >= 11 is 0. The van der Waals surface area contributed by atoms with Gasteiger partial charge in [-0.25, -0.2) is 18.1 Å². The lowest BCUT2D eigenvalue weighted by Gasteiger charge is -2.17. The third kappa shape index (κ3) is 3.39. The maximum Gasteiger partial charge on any atom is 0.258 e. The summed E-state index contributed by atoms with van der Waals surface area (Å²) in [5, 5.41) is 0.0457. The van der Waals surface area contributed by atoms with Gasteiger partial charge in [0.1, 0.15) is 0 Å². The Kier molecular flexibility index (Phi) is 4.29. The van der Waals surface area contributed by atoms with E-state index in [0.29, 0.717) is 6.42 Å². The van der Waals surface area contributed by atoms with Crippen molar-refractivity contribution in [2.45, 2.75) is 24.4 Å². The molecule has 0 saturated carbocycles. The lowest BCUT2D eigenvalue weighted by Crippen LogP contribution is -2.28. The first kappa shape index (κ1) is 13.7. The van der Waals surface area contributed by atoms with Crippen LogP contribution in [0.2, 0.25) is 0 Å². The molecule has 1 N–H and O–H groups in total. The molecule has 0 spiro atoms. The highest BCUT2D eigenvalue weighted by Crippen LogP contribution is 2.18. The zero-order valence-electron chi connectivity index (χ0n) is 10.7.